The van der Waals surface area contributed by atoms with Crippen molar-refractivity contribution in [3.8, 4) is 5.75 Å². The molecule has 0 radical (unpaired) electrons. The van der Waals surface area contributed by atoms with Crippen LogP contribution in [0.1, 0.15) is 5.56 Å². The van der Waals surface area contributed by atoms with Crippen LogP contribution in [0.4, 0.5) is 10.1 Å². The van der Waals surface area contributed by atoms with Gasteiger partial charge in [0.15, 0.2) is 11.6 Å². The number of hydrogen-bond acceptors (Lipinski definition) is 4. The Morgan fingerprint density at radius 1 is 1.19 bits per heavy atom. The van der Waals surface area contributed by atoms with Crippen LogP contribution in [-0.4, -0.2) is 31.2 Å². The Hall–Kier alpha value is -2.14. The second-order valence-corrected chi connectivity index (χ2v) is 4.96. The minimum atomic E-state index is -0.338. The van der Waals surface area contributed by atoms with E-state index in [1.807, 2.05) is 12.3 Å². The van der Waals surface area contributed by atoms with Crippen molar-refractivity contribution < 1.29 is 9.13 Å². The minimum Gasteiger partial charge on any atom is -0.486 e. The molecule has 1 aromatic carbocycles. The highest BCUT2D eigenvalue weighted by molar-refractivity contribution is 5.52. The standard InChI is InChI=1S/C16H18FN3O/c17-14-3-1-2-4-16(14)21-12-13-5-6-19-11-15(13)20-9-7-18-8-10-20/h1-6,11,18H,7-10,12H2. The van der Waals surface area contributed by atoms with Gasteiger partial charge < -0.3 is 15.0 Å². The summed E-state index contributed by atoms with van der Waals surface area (Å²) >= 11 is 0. The zero-order chi connectivity index (χ0) is 14.5. The molecule has 4 nitrogen and oxygen atoms in total. The van der Waals surface area contributed by atoms with Crippen LogP contribution in [0.15, 0.2) is 42.7 Å². The lowest BCUT2D eigenvalue weighted by atomic mass is 10.2. The quantitative estimate of drug-likeness (QED) is 0.935. The smallest absolute Gasteiger partial charge is 0.165 e. The molecule has 0 unspecified atom stereocenters. The van der Waals surface area contributed by atoms with E-state index in [9.17, 15) is 4.39 Å². The van der Waals surface area contributed by atoms with Gasteiger partial charge in [-0.25, -0.2) is 4.39 Å². The summed E-state index contributed by atoms with van der Waals surface area (Å²) < 4.78 is 19.2. The van der Waals surface area contributed by atoms with Crippen LogP contribution in [0.5, 0.6) is 5.75 Å². The van der Waals surface area contributed by atoms with Crippen molar-refractivity contribution in [2.45, 2.75) is 6.61 Å². The molecule has 3 rings (SSSR count). The Morgan fingerprint density at radius 3 is 2.81 bits per heavy atom. The molecule has 110 valence electrons. The van der Waals surface area contributed by atoms with Crippen molar-refractivity contribution >= 4 is 5.69 Å². The predicted octanol–water partition coefficient (Wildman–Crippen LogP) is 2.21. The van der Waals surface area contributed by atoms with Gasteiger partial charge in [-0.05, 0) is 18.2 Å². The first kappa shape index (κ1) is 13.8. The summed E-state index contributed by atoms with van der Waals surface area (Å²) in [6.45, 7) is 4.14. The van der Waals surface area contributed by atoms with E-state index < -0.39 is 0 Å². The lowest BCUT2D eigenvalue weighted by Gasteiger charge is -2.30. The van der Waals surface area contributed by atoms with E-state index in [1.165, 1.54) is 6.07 Å². The van der Waals surface area contributed by atoms with Gasteiger partial charge in [0.25, 0.3) is 0 Å². The highest BCUT2D eigenvalue weighted by Gasteiger charge is 2.14. The normalized spacial score (nSPS) is 15.0. The number of halogens is 1. The molecule has 1 N–H and O–H groups in total. The summed E-state index contributed by atoms with van der Waals surface area (Å²) in [6.07, 6.45) is 3.59. The highest BCUT2D eigenvalue weighted by atomic mass is 19.1. The monoisotopic (exact) mass is 287 g/mol. The number of aromatic nitrogens is 1. The van der Waals surface area contributed by atoms with Crippen LogP contribution in [-0.2, 0) is 6.61 Å². The molecular formula is C16H18FN3O. The van der Waals surface area contributed by atoms with E-state index in [0.717, 1.165) is 37.4 Å². The summed E-state index contributed by atoms with van der Waals surface area (Å²) in [5, 5.41) is 3.33. The van der Waals surface area contributed by atoms with Crippen molar-refractivity contribution in [3.63, 3.8) is 0 Å². The Labute approximate surface area is 123 Å². The number of anilines is 1. The molecule has 1 aliphatic rings. The average molecular weight is 287 g/mol. The van der Waals surface area contributed by atoms with Crippen molar-refractivity contribution in [1.29, 1.82) is 0 Å². The van der Waals surface area contributed by atoms with E-state index in [1.54, 1.807) is 24.4 Å². The fourth-order valence-electron chi connectivity index (χ4n) is 2.44. The largest absolute Gasteiger partial charge is 0.486 e. The number of hydrogen-bond donors (Lipinski definition) is 1. The second kappa shape index (κ2) is 6.54. The number of pyridine rings is 1. The molecule has 1 aromatic heterocycles. The minimum absolute atomic E-state index is 0.278. The first-order valence-corrected chi connectivity index (χ1v) is 7.10. The SMILES string of the molecule is Fc1ccccc1OCc1ccncc1N1CCNCC1. The van der Waals surface area contributed by atoms with Crippen molar-refractivity contribution in [3.05, 3.63) is 54.1 Å². The Kier molecular flexibility index (Phi) is 4.31. The van der Waals surface area contributed by atoms with E-state index >= 15 is 0 Å². The molecule has 1 aliphatic heterocycles. The summed E-state index contributed by atoms with van der Waals surface area (Å²) in [4.78, 5) is 6.48. The molecule has 2 heterocycles. The Bertz CT molecular complexity index is 600. The number of nitrogens with one attached hydrogen (secondary N) is 1. The zero-order valence-electron chi connectivity index (χ0n) is 11.8. The van der Waals surface area contributed by atoms with Crippen LogP contribution in [0.25, 0.3) is 0 Å². The molecule has 0 saturated carbocycles. The van der Waals surface area contributed by atoms with Gasteiger partial charge in [-0.15, -0.1) is 0 Å². The topological polar surface area (TPSA) is 37.4 Å². The molecule has 0 spiro atoms. The Balaban J connectivity index is 1.74. The predicted molar refractivity (Wildman–Crippen MR) is 80.1 cm³/mol. The van der Waals surface area contributed by atoms with Gasteiger partial charge in [0.05, 0.1) is 11.9 Å². The maximum absolute atomic E-state index is 13.6. The molecular weight excluding hydrogens is 269 g/mol. The van der Waals surface area contributed by atoms with Crippen LogP contribution in [0, 0.1) is 5.82 Å². The van der Waals surface area contributed by atoms with E-state index in [4.69, 9.17) is 4.74 Å². The maximum atomic E-state index is 13.6. The average Bonchev–Trinajstić information content (AvgIpc) is 2.55. The zero-order valence-corrected chi connectivity index (χ0v) is 11.8. The van der Waals surface area contributed by atoms with Gasteiger partial charge >= 0.3 is 0 Å². The molecule has 1 saturated heterocycles. The summed E-state index contributed by atoms with van der Waals surface area (Å²) in [7, 11) is 0. The second-order valence-electron chi connectivity index (χ2n) is 4.96. The third-order valence-electron chi connectivity index (χ3n) is 3.57. The Morgan fingerprint density at radius 2 is 2.00 bits per heavy atom. The van der Waals surface area contributed by atoms with Crippen LogP contribution < -0.4 is 15.0 Å². The van der Waals surface area contributed by atoms with Gasteiger partial charge in [0, 0.05) is 37.9 Å². The van der Waals surface area contributed by atoms with Gasteiger partial charge in [-0.2, -0.15) is 0 Å². The fourth-order valence-corrected chi connectivity index (χ4v) is 2.44. The van der Waals surface area contributed by atoms with Crippen molar-refractivity contribution in [2.75, 3.05) is 31.1 Å². The first-order chi connectivity index (χ1) is 10.3. The molecule has 21 heavy (non-hydrogen) atoms. The molecule has 0 bridgehead atoms. The molecule has 1 fully saturated rings. The van der Waals surface area contributed by atoms with E-state index in [-0.39, 0.29) is 11.6 Å². The first-order valence-electron chi connectivity index (χ1n) is 7.10. The number of para-hydroxylation sites is 1. The van der Waals surface area contributed by atoms with Crippen molar-refractivity contribution in [2.24, 2.45) is 0 Å². The molecule has 2 aromatic rings. The van der Waals surface area contributed by atoms with E-state index in [0.29, 0.717) is 6.61 Å². The third kappa shape index (κ3) is 3.31. The molecule has 0 amide bonds. The number of ether oxygens (including phenoxy) is 1. The number of piperazine rings is 1. The van der Waals surface area contributed by atoms with Gasteiger partial charge in [-0.1, -0.05) is 12.1 Å². The van der Waals surface area contributed by atoms with Gasteiger partial charge in [-0.3, -0.25) is 4.98 Å². The lowest BCUT2D eigenvalue weighted by Crippen LogP contribution is -2.44. The molecule has 0 aliphatic carbocycles. The fraction of sp³-hybridized carbons (Fsp3) is 0.312. The number of nitrogens with zero attached hydrogens (tertiary/aromatic N) is 2. The van der Waals surface area contributed by atoms with Crippen molar-refractivity contribution in [1.82, 2.24) is 10.3 Å². The number of rotatable bonds is 4. The summed E-state index contributed by atoms with van der Waals surface area (Å²) in [5.74, 6) is -0.0594. The summed E-state index contributed by atoms with van der Waals surface area (Å²) in [6, 6.07) is 8.39. The van der Waals surface area contributed by atoms with Crippen LogP contribution >= 0.6 is 0 Å². The molecule has 5 heteroatoms. The van der Waals surface area contributed by atoms with E-state index in [2.05, 4.69) is 15.2 Å². The highest BCUT2D eigenvalue weighted by Crippen LogP contribution is 2.23. The lowest BCUT2D eigenvalue weighted by molar-refractivity contribution is 0.290. The summed E-state index contributed by atoms with van der Waals surface area (Å²) in [5.41, 5.74) is 2.09. The van der Waals surface area contributed by atoms with Crippen LogP contribution in [0.3, 0.4) is 0 Å². The van der Waals surface area contributed by atoms with Gasteiger partial charge in [0.1, 0.15) is 6.61 Å². The van der Waals surface area contributed by atoms with Crippen LogP contribution in [0.2, 0.25) is 0 Å². The number of benzene rings is 1. The molecule has 0 atom stereocenters. The maximum Gasteiger partial charge on any atom is 0.165 e. The third-order valence-corrected chi connectivity index (χ3v) is 3.57. The van der Waals surface area contributed by atoms with Gasteiger partial charge in [0.2, 0.25) is 0 Å².